The fourth-order valence-electron chi connectivity index (χ4n) is 2.54. The van der Waals surface area contributed by atoms with Crippen LogP contribution in [0.15, 0.2) is 30.6 Å². The van der Waals surface area contributed by atoms with Crippen molar-refractivity contribution in [3.63, 3.8) is 0 Å². The summed E-state index contributed by atoms with van der Waals surface area (Å²) in [5, 5.41) is 0. The minimum absolute atomic E-state index is 0.561. The van der Waals surface area contributed by atoms with Crippen LogP contribution in [0.25, 0.3) is 11.0 Å². The van der Waals surface area contributed by atoms with Crippen LogP contribution in [0.3, 0.4) is 0 Å². The van der Waals surface area contributed by atoms with Crippen LogP contribution < -0.4 is 0 Å². The third-order valence-corrected chi connectivity index (χ3v) is 4.98. The normalized spacial score (nSPS) is 18.6. The van der Waals surface area contributed by atoms with E-state index in [1.54, 1.807) is 0 Å². The van der Waals surface area contributed by atoms with E-state index in [9.17, 15) is 8.42 Å². The lowest BCUT2D eigenvalue weighted by molar-refractivity contribution is 0.154. The number of nitrogens with zero attached hydrogens (tertiary/aromatic N) is 4. The topological polar surface area (TPSA) is 58.4 Å². The summed E-state index contributed by atoms with van der Waals surface area (Å²) in [5.74, 6) is 0. The maximum Gasteiger partial charge on any atom is 0.211 e. The van der Waals surface area contributed by atoms with E-state index in [1.807, 2.05) is 24.5 Å². The molecule has 20 heavy (non-hydrogen) atoms. The highest BCUT2D eigenvalue weighted by Gasteiger charge is 2.23. The van der Waals surface area contributed by atoms with Gasteiger partial charge in [-0.3, -0.25) is 4.90 Å². The number of para-hydroxylation sites is 2. The van der Waals surface area contributed by atoms with Crippen LogP contribution in [0.1, 0.15) is 0 Å². The van der Waals surface area contributed by atoms with Crippen LogP contribution in [0.5, 0.6) is 0 Å². The monoisotopic (exact) mass is 294 g/mol. The summed E-state index contributed by atoms with van der Waals surface area (Å²) in [6.45, 7) is 3.37. The lowest BCUT2D eigenvalue weighted by Crippen LogP contribution is -2.48. The molecule has 0 radical (unpaired) electrons. The minimum Gasteiger partial charge on any atom is -0.317 e. The van der Waals surface area contributed by atoms with E-state index in [1.165, 1.54) is 10.6 Å². The first kappa shape index (κ1) is 13.5. The molecule has 1 fully saturated rings. The fraction of sp³-hybridized carbons (Fsp3) is 0.462. The van der Waals surface area contributed by atoms with Crippen molar-refractivity contribution >= 4 is 21.1 Å². The molecule has 0 spiro atoms. The van der Waals surface area contributed by atoms with Crippen molar-refractivity contribution in [1.29, 1.82) is 0 Å². The van der Waals surface area contributed by atoms with Crippen LogP contribution in [-0.4, -0.2) is 59.6 Å². The molecule has 0 aliphatic carbocycles. The van der Waals surface area contributed by atoms with Gasteiger partial charge >= 0.3 is 0 Å². The molecule has 108 valence electrons. The summed E-state index contributed by atoms with van der Waals surface area (Å²) in [6.07, 6.45) is 3.11. The van der Waals surface area contributed by atoms with Gasteiger partial charge in [0.2, 0.25) is 10.0 Å². The highest BCUT2D eigenvalue weighted by Crippen LogP contribution is 2.14. The summed E-state index contributed by atoms with van der Waals surface area (Å²) >= 11 is 0. The number of hydrogen-bond donors (Lipinski definition) is 0. The van der Waals surface area contributed by atoms with E-state index >= 15 is 0 Å². The van der Waals surface area contributed by atoms with E-state index in [-0.39, 0.29) is 0 Å². The van der Waals surface area contributed by atoms with Gasteiger partial charge in [0.25, 0.3) is 0 Å². The Morgan fingerprint density at radius 1 is 1.15 bits per heavy atom. The Balaban J connectivity index is 1.68. The highest BCUT2D eigenvalue weighted by molar-refractivity contribution is 7.88. The van der Waals surface area contributed by atoms with Gasteiger partial charge in [0, 0.05) is 26.2 Å². The second kappa shape index (κ2) is 5.16. The van der Waals surface area contributed by atoms with Gasteiger partial charge in [-0.15, -0.1) is 0 Å². The highest BCUT2D eigenvalue weighted by atomic mass is 32.2. The SMILES string of the molecule is CS(=O)(=O)N1CCN(Cn2cnc3ccccc32)CC1. The van der Waals surface area contributed by atoms with Crippen LogP contribution in [-0.2, 0) is 16.7 Å². The summed E-state index contributed by atoms with van der Waals surface area (Å²) < 4.78 is 26.6. The molecule has 2 aromatic rings. The molecular weight excluding hydrogens is 276 g/mol. The third-order valence-electron chi connectivity index (χ3n) is 3.68. The van der Waals surface area contributed by atoms with E-state index in [2.05, 4.69) is 20.5 Å². The largest absolute Gasteiger partial charge is 0.317 e. The van der Waals surface area contributed by atoms with Crippen molar-refractivity contribution in [2.45, 2.75) is 6.67 Å². The van der Waals surface area contributed by atoms with E-state index in [0.29, 0.717) is 13.1 Å². The quantitative estimate of drug-likeness (QED) is 0.830. The summed E-state index contributed by atoms with van der Waals surface area (Å²) in [4.78, 5) is 6.61. The summed E-state index contributed by atoms with van der Waals surface area (Å²) in [7, 11) is -3.06. The maximum atomic E-state index is 11.5. The Morgan fingerprint density at radius 3 is 2.55 bits per heavy atom. The van der Waals surface area contributed by atoms with Gasteiger partial charge in [0.1, 0.15) is 0 Å². The van der Waals surface area contributed by atoms with Crippen LogP contribution in [0, 0.1) is 0 Å². The van der Waals surface area contributed by atoms with Crippen molar-refractivity contribution in [1.82, 2.24) is 18.8 Å². The van der Waals surface area contributed by atoms with Gasteiger partial charge in [-0.05, 0) is 12.1 Å². The molecule has 7 heteroatoms. The maximum absolute atomic E-state index is 11.5. The molecule has 6 nitrogen and oxygen atoms in total. The molecule has 3 rings (SSSR count). The molecule has 2 heterocycles. The van der Waals surface area contributed by atoms with Gasteiger partial charge in [-0.1, -0.05) is 12.1 Å². The third kappa shape index (κ3) is 2.70. The number of piperazine rings is 1. The molecule has 0 atom stereocenters. The predicted molar refractivity (Wildman–Crippen MR) is 77.7 cm³/mol. The second-order valence-electron chi connectivity index (χ2n) is 5.12. The predicted octanol–water partition coefficient (Wildman–Crippen LogP) is 0.571. The minimum atomic E-state index is -3.06. The van der Waals surface area contributed by atoms with Crippen molar-refractivity contribution in [2.24, 2.45) is 0 Å². The van der Waals surface area contributed by atoms with Gasteiger partial charge in [0.15, 0.2) is 0 Å². The van der Waals surface area contributed by atoms with Crippen molar-refractivity contribution in [2.75, 3.05) is 32.4 Å². The molecule has 1 aromatic heterocycles. The summed E-state index contributed by atoms with van der Waals surface area (Å²) in [6, 6.07) is 8.02. The van der Waals surface area contributed by atoms with Crippen LogP contribution in [0.2, 0.25) is 0 Å². The number of hydrogen-bond acceptors (Lipinski definition) is 4. The molecule has 1 aromatic carbocycles. The van der Waals surface area contributed by atoms with E-state index in [4.69, 9.17) is 0 Å². The Hall–Kier alpha value is -1.44. The van der Waals surface area contributed by atoms with Gasteiger partial charge in [0.05, 0.1) is 30.3 Å². The molecule has 0 N–H and O–H groups in total. The molecule has 0 bridgehead atoms. The molecule has 1 aliphatic heterocycles. The molecule has 0 unspecified atom stereocenters. The standard InChI is InChI=1S/C13H18N4O2S/c1-20(18,19)17-8-6-15(7-9-17)11-16-10-14-12-4-2-3-5-13(12)16/h2-5,10H,6-9,11H2,1H3. The lowest BCUT2D eigenvalue weighted by atomic mass is 10.3. The van der Waals surface area contributed by atoms with E-state index in [0.717, 1.165) is 30.8 Å². The zero-order valence-corrected chi connectivity index (χ0v) is 12.3. The van der Waals surface area contributed by atoms with E-state index < -0.39 is 10.0 Å². The first-order chi connectivity index (χ1) is 9.54. The van der Waals surface area contributed by atoms with Crippen molar-refractivity contribution in [3.05, 3.63) is 30.6 Å². The smallest absolute Gasteiger partial charge is 0.211 e. The van der Waals surface area contributed by atoms with Crippen molar-refractivity contribution < 1.29 is 8.42 Å². The molecule has 0 amide bonds. The number of rotatable bonds is 3. The van der Waals surface area contributed by atoms with Crippen molar-refractivity contribution in [3.8, 4) is 0 Å². The zero-order chi connectivity index (χ0) is 14.2. The molecule has 1 aliphatic rings. The molecule has 1 saturated heterocycles. The molecular formula is C13H18N4O2S. The molecule has 0 saturated carbocycles. The number of imidazole rings is 1. The first-order valence-corrected chi connectivity index (χ1v) is 8.46. The van der Waals surface area contributed by atoms with Crippen LogP contribution >= 0.6 is 0 Å². The zero-order valence-electron chi connectivity index (χ0n) is 11.4. The van der Waals surface area contributed by atoms with Crippen LogP contribution in [0.4, 0.5) is 0 Å². The second-order valence-corrected chi connectivity index (χ2v) is 7.11. The van der Waals surface area contributed by atoms with Gasteiger partial charge in [-0.25, -0.2) is 13.4 Å². The Kier molecular flexibility index (Phi) is 3.49. The number of fused-ring (bicyclic) bond motifs is 1. The van der Waals surface area contributed by atoms with Gasteiger partial charge < -0.3 is 4.57 Å². The fourth-order valence-corrected chi connectivity index (χ4v) is 3.37. The first-order valence-electron chi connectivity index (χ1n) is 6.61. The number of benzene rings is 1. The number of sulfonamides is 1. The Bertz CT molecular complexity index is 702. The lowest BCUT2D eigenvalue weighted by Gasteiger charge is -2.33. The summed E-state index contributed by atoms with van der Waals surface area (Å²) in [5.41, 5.74) is 2.10. The Labute approximate surface area is 118 Å². The van der Waals surface area contributed by atoms with Gasteiger partial charge in [-0.2, -0.15) is 4.31 Å². The Morgan fingerprint density at radius 2 is 1.85 bits per heavy atom. The average molecular weight is 294 g/mol. The average Bonchev–Trinajstić information content (AvgIpc) is 2.82. The number of aromatic nitrogens is 2.